The van der Waals surface area contributed by atoms with Crippen molar-refractivity contribution in [2.24, 2.45) is 0 Å². The number of carbonyl (C=O) groups is 3. The Morgan fingerprint density at radius 1 is 0.843 bits per heavy atom. The second kappa shape index (κ2) is 17.1. The summed E-state index contributed by atoms with van der Waals surface area (Å²) < 4.78 is 11.3. The summed E-state index contributed by atoms with van der Waals surface area (Å²) in [5.41, 5.74) is -0.718. The molecule has 13 nitrogen and oxygen atoms in total. The first-order chi connectivity index (χ1) is 23.9. The molecule has 6 rings (SSSR count). The summed E-state index contributed by atoms with van der Waals surface area (Å²) >= 11 is 17.7. The molecule has 2 saturated heterocycles. The molecule has 0 saturated carbocycles. The van der Waals surface area contributed by atoms with E-state index in [0.717, 1.165) is 21.5 Å². The summed E-state index contributed by atoms with van der Waals surface area (Å²) in [6.07, 6.45) is -1.52. The molecule has 51 heavy (non-hydrogen) atoms. The minimum absolute atomic E-state index is 0.0917. The van der Waals surface area contributed by atoms with Crippen molar-refractivity contribution < 1.29 is 44.2 Å². The van der Waals surface area contributed by atoms with Crippen LogP contribution < -0.4 is 4.74 Å². The highest BCUT2D eigenvalue weighted by Crippen LogP contribution is 2.31. The molecule has 2 fully saturated rings. The van der Waals surface area contributed by atoms with Gasteiger partial charge in [-0.05, 0) is 63.0 Å². The van der Waals surface area contributed by atoms with E-state index in [4.69, 9.17) is 59.5 Å². The van der Waals surface area contributed by atoms with Gasteiger partial charge in [0.1, 0.15) is 39.2 Å². The molecule has 2 aliphatic heterocycles. The fourth-order valence-electron chi connectivity index (χ4n) is 5.64. The van der Waals surface area contributed by atoms with Crippen molar-refractivity contribution in [3.63, 3.8) is 0 Å². The summed E-state index contributed by atoms with van der Waals surface area (Å²) in [6, 6.07) is 17.0. The van der Waals surface area contributed by atoms with Crippen LogP contribution in [0.4, 0.5) is 4.79 Å². The van der Waals surface area contributed by atoms with Crippen LogP contribution >= 0.6 is 34.8 Å². The molecule has 2 aromatic carbocycles. The molecule has 1 amide bonds. The lowest BCUT2D eigenvalue weighted by Crippen LogP contribution is -2.44. The highest BCUT2D eigenvalue weighted by Gasteiger charge is 2.43. The molecule has 17 heteroatoms. The van der Waals surface area contributed by atoms with Gasteiger partial charge in [-0.2, -0.15) is 0 Å². The smallest absolute Gasteiger partial charge is 0.411 e. The molecule has 4 N–H and O–H groups in total. The molecule has 4 heterocycles. The Balaban J connectivity index is 0.000000200. The van der Waals surface area contributed by atoms with E-state index in [2.05, 4.69) is 9.97 Å². The third-order valence-electron chi connectivity index (χ3n) is 7.87. The van der Waals surface area contributed by atoms with Crippen LogP contribution in [0.25, 0.3) is 21.5 Å². The number of hydrogen-bond acceptors (Lipinski definition) is 10. The van der Waals surface area contributed by atoms with Crippen LogP contribution in [0.15, 0.2) is 60.7 Å². The van der Waals surface area contributed by atoms with E-state index in [1.165, 1.54) is 16.5 Å². The number of aliphatic hydroxyl groups excluding tert-OH is 1. The van der Waals surface area contributed by atoms with E-state index < -0.39 is 55.0 Å². The Morgan fingerprint density at radius 2 is 1.39 bits per heavy atom. The molecule has 0 spiro atoms. The van der Waals surface area contributed by atoms with Gasteiger partial charge in [-0.3, -0.25) is 9.69 Å². The number of ether oxygens (including phenoxy) is 2. The number of aromatic nitrogens is 2. The number of pyridine rings is 2. The zero-order chi connectivity index (χ0) is 37.6. The van der Waals surface area contributed by atoms with Crippen LogP contribution in [0.5, 0.6) is 5.88 Å². The van der Waals surface area contributed by atoms with E-state index in [1.54, 1.807) is 32.9 Å². The second-order valence-corrected chi connectivity index (χ2v) is 14.1. The summed E-state index contributed by atoms with van der Waals surface area (Å²) in [5.74, 6) is -1.78. The molecule has 2 aromatic heterocycles. The zero-order valence-electron chi connectivity index (χ0n) is 28.2. The summed E-state index contributed by atoms with van der Waals surface area (Å²) in [6.45, 7) is 7.00. The van der Waals surface area contributed by atoms with Crippen molar-refractivity contribution in [3.05, 3.63) is 76.1 Å². The number of rotatable bonds is 5. The lowest BCUT2D eigenvalue weighted by atomic mass is 9.84. The lowest BCUT2D eigenvalue weighted by molar-refractivity contribution is -0.142. The highest BCUT2D eigenvalue weighted by atomic mass is 35.5. The van der Waals surface area contributed by atoms with Gasteiger partial charge in [0, 0.05) is 23.7 Å². The number of β-amino-alcohol motifs (C(OH)–C–C–N with tert-alkyl or cyclic N) is 1. The van der Waals surface area contributed by atoms with E-state index in [-0.39, 0.29) is 31.1 Å². The normalized spacial score (nSPS) is 20.2. The summed E-state index contributed by atoms with van der Waals surface area (Å²) in [7, 11) is -0.816. The lowest BCUT2D eigenvalue weighted by Gasteiger charge is -2.26. The molecular weight excluding hydrogens is 726 g/mol. The maximum atomic E-state index is 12.4. The van der Waals surface area contributed by atoms with Crippen LogP contribution in [0.3, 0.4) is 0 Å². The van der Waals surface area contributed by atoms with Crippen LogP contribution in [0.1, 0.15) is 33.6 Å². The third-order valence-corrected chi connectivity index (χ3v) is 8.55. The van der Waals surface area contributed by atoms with E-state index in [1.807, 2.05) is 48.5 Å². The molecule has 0 unspecified atom stereocenters. The van der Waals surface area contributed by atoms with Crippen molar-refractivity contribution in [2.45, 2.75) is 70.3 Å². The van der Waals surface area contributed by atoms with Gasteiger partial charge in [-0.1, -0.05) is 77.3 Å². The summed E-state index contributed by atoms with van der Waals surface area (Å²) in [4.78, 5) is 45.3. The molecule has 4 atom stereocenters. The van der Waals surface area contributed by atoms with Crippen LogP contribution in [0, 0.1) is 0 Å². The highest BCUT2D eigenvalue weighted by molar-refractivity contribution is 6.45. The van der Waals surface area contributed by atoms with Crippen molar-refractivity contribution in [3.8, 4) is 5.88 Å². The van der Waals surface area contributed by atoms with Crippen LogP contribution in [-0.4, -0.2) is 108 Å². The number of benzene rings is 2. The van der Waals surface area contributed by atoms with Gasteiger partial charge >= 0.3 is 25.1 Å². The number of amides is 1. The minimum atomic E-state index is -1.10. The maximum Gasteiger partial charge on any atom is 0.411 e. The standard InChI is InChI=1S/C19H21ClN2O5.C9H5Cl2N.C6H12BNO4/c1-19(2,3)27-18(25)22-10-12(9-14(22)17(23)24)26-16-13-7-5-4-6-11(13)8-15(20)21-16;10-8-5-6-3-1-2-4-7(6)9(11)12-8;1-7(12)8-3-4(9)2-5(8)6(10)11/h4-8,12,14H,9-10H2,1-3H3,(H,23,24);1-5H;4-5,9,12H,2-3H2,1H3,(H,10,11)/t12-,14+;;4-,5+/m1.1/s1. The number of aliphatic carboxylic acids is 2. The molecule has 0 aliphatic carbocycles. The van der Waals surface area contributed by atoms with E-state index in [0.29, 0.717) is 16.2 Å². The number of likely N-dealkylation sites (tertiary alicyclic amines) is 1. The average molecular weight is 764 g/mol. The SMILES string of the molecule is CB(O)N1C[C@H](O)C[C@H]1C(=O)O.CC(C)(C)OC(=O)N1C[C@H](Oc2nc(Cl)cc3ccccc23)C[C@H]1C(=O)O.Clc1cc2ccccc2c(Cl)n1. The molecule has 4 aromatic rings. The number of carboxylic acids is 2. The Hall–Kier alpha value is -3.92. The first-order valence-electron chi connectivity index (χ1n) is 15.9. The molecule has 0 radical (unpaired) electrons. The van der Waals surface area contributed by atoms with Gasteiger partial charge in [-0.15, -0.1) is 0 Å². The zero-order valence-corrected chi connectivity index (χ0v) is 30.5. The Labute approximate surface area is 309 Å². The number of aliphatic hydroxyl groups is 1. The average Bonchev–Trinajstić information content (AvgIpc) is 3.65. The molecular formula is C34H38BCl3N4O9. The largest absolute Gasteiger partial charge is 0.480 e. The van der Waals surface area contributed by atoms with Gasteiger partial charge < -0.3 is 34.6 Å². The number of carboxylic acid groups (broad SMARTS) is 2. The fourth-order valence-corrected chi connectivity index (χ4v) is 6.34. The Bertz CT molecular complexity index is 1880. The van der Waals surface area contributed by atoms with Gasteiger partial charge in [0.25, 0.3) is 0 Å². The number of nitrogens with zero attached hydrogens (tertiary/aromatic N) is 4. The Kier molecular flexibility index (Phi) is 13.3. The first-order valence-corrected chi connectivity index (χ1v) is 17.1. The number of halogens is 3. The molecule has 2 aliphatic rings. The fraction of sp³-hybridized carbons (Fsp3) is 0.382. The van der Waals surface area contributed by atoms with Crippen molar-refractivity contribution in [1.82, 2.24) is 19.7 Å². The van der Waals surface area contributed by atoms with Crippen molar-refractivity contribution in [1.29, 1.82) is 0 Å². The predicted octanol–water partition coefficient (Wildman–Crippen LogP) is 5.89. The van der Waals surface area contributed by atoms with Crippen LogP contribution in [-0.2, 0) is 14.3 Å². The van der Waals surface area contributed by atoms with Gasteiger partial charge in [0.05, 0.1) is 12.6 Å². The van der Waals surface area contributed by atoms with Gasteiger partial charge in [0.2, 0.25) is 5.88 Å². The topological polar surface area (TPSA) is 183 Å². The van der Waals surface area contributed by atoms with E-state index in [9.17, 15) is 19.5 Å². The third kappa shape index (κ3) is 10.8. The second-order valence-electron chi connectivity index (χ2n) is 13.0. The number of carbonyl (C=O) groups excluding carboxylic acids is 1. The van der Waals surface area contributed by atoms with E-state index >= 15 is 0 Å². The quantitative estimate of drug-likeness (QED) is 0.140. The number of fused-ring (bicyclic) bond motifs is 2. The minimum Gasteiger partial charge on any atom is -0.480 e. The monoisotopic (exact) mass is 762 g/mol. The van der Waals surface area contributed by atoms with Crippen molar-refractivity contribution in [2.75, 3.05) is 13.1 Å². The molecule has 272 valence electrons. The summed E-state index contributed by atoms with van der Waals surface area (Å²) in [5, 5.41) is 41.2. The van der Waals surface area contributed by atoms with Crippen LogP contribution in [0.2, 0.25) is 22.3 Å². The molecule has 0 bridgehead atoms. The maximum absolute atomic E-state index is 12.4. The number of hydrogen-bond donors (Lipinski definition) is 4. The van der Waals surface area contributed by atoms with Crippen molar-refractivity contribution >= 4 is 81.4 Å². The first kappa shape index (κ1) is 39.9. The predicted molar refractivity (Wildman–Crippen MR) is 195 cm³/mol. The Morgan fingerprint density at radius 3 is 1.94 bits per heavy atom. The van der Waals surface area contributed by atoms with Gasteiger partial charge in [-0.25, -0.2) is 19.6 Å². The van der Waals surface area contributed by atoms with Gasteiger partial charge in [0.15, 0.2) is 0 Å².